The molecule has 0 atom stereocenters. The lowest BCUT2D eigenvalue weighted by atomic mass is 9.74. The van der Waals surface area contributed by atoms with E-state index in [0.717, 1.165) is 51.3 Å². The fourth-order valence-corrected chi connectivity index (χ4v) is 6.38. The molecule has 0 saturated carbocycles. The van der Waals surface area contributed by atoms with Crippen molar-refractivity contribution in [1.82, 2.24) is 9.88 Å². The molecule has 29 heavy (non-hydrogen) atoms. The minimum absolute atomic E-state index is 0.151. The van der Waals surface area contributed by atoms with Crippen molar-refractivity contribution >= 4 is 28.1 Å². The highest BCUT2D eigenvalue weighted by Crippen LogP contribution is 2.47. The van der Waals surface area contributed by atoms with Crippen LogP contribution in [-0.2, 0) is 10.2 Å². The van der Waals surface area contributed by atoms with Crippen LogP contribution in [0, 0.1) is 6.92 Å². The number of anilines is 2. The Morgan fingerprint density at radius 1 is 1.14 bits per heavy atom. The van der Waals surface area contributed by atoms with Crippen LogP contribution < -0.4 is 9.80 Å². The number of carbonyl (C=O) groups excluding carboxylic acids is 1. The number of aryl methyl sites for hydroxylation is 1. The fraction of sp³-hybridized carbons (Fsp3) is 0.565. The second-order valence-corrected chi connectivity index (χ2v) is 10.1. The summed E-state index contributed by atoms with van der Waals surface area (Å²) in [6.07, 6.45) is 6.74. The molecule has 0 N–H and O–H groups in total. The number of thiazole rings is 1. The number of para-hydroxylation sites is 1. The number of hydrogen-bond donors (Lipinski definition) is 0. The van der Waals surface area contributed by atoms with Crippen LogP contribution in [0.3, 0.4) is 0 Å². The van der Waals surface area contributed by atoms with E-state index in [-0.39, 0.29) is 11.3 Å². The van der Waals surface area contributed by atoms with Gasteiger partial charge in [-0.05, 0) is 57.3 Å². The Labute approximate surface area is 177 Å². The van der Waals surface area contributed by atoms with Crippen LogP contribution in [0.1, 0.15) is 43.0 Å². The van der Waals surface area contributed by atoms with Gasteiger partial charge in [-0.15, -0.1) is 11.3 Å². The Balaban J connectivity index is 1.23. The van der Waals surface area contributed by atoms with Crippen LogP contribution in [-0.4, -0.2) is 54.6 Å². The monoisotopic (exact) mass is 410 g/mol. The van der Waals surface area contributed by atoms with Gasteiger partial charge < -0.3 is 14.7 Å². The van der Waals surface area contributed by atoms with E-state index in [1.165, 1.54) is 28.4 Å². The van der Waals surface area contributed by atoms with Crippen molar-refractivity contribution in [1.29, 1.82) is 0 Å². The average Bonchev–Trinajstić information content (AvgIpc) is 3.31. The van der Waals surface area contributed by atoms with E-state index in [0.29, 0.717) is 6.04 Å². The second-order valence-electron chi connectivity index (χ2n) is 8.91. The molecule has 2 saturated heterocycles. The van der Waals surface area contributed by atoms with Crippen LogP contribution in [0.25, 0.3) is 0 Å². The molecule has 3 aliphatic rings. The van der Waals surface area contributed by atoms with Crippen molar-refractivity contribution in [3.8, 4) is 0 Å². The smallest absolute Gasteiger partial charge is 0.223 e. The molecule has 0 radical (unpaired) electrons. The zero-order valence-corrected chi connectivity index (χ0v) is 18.2. The van der Waals surface area contributed by atoms with Gasteiger partial charge in [0.25, 0.3) is 0 Å². The van der Waals surface area contributed by atoms with Gasteiger partial charge in [0, 0.05) is 54.8 Å². The summed E-state index contributed by atoms with van der Waals surface area (Å²) in [6.45, 7) is 9.19. The lowest BCUT2D eigenvalue weighted by Gasteiger charge is -2.45. The summed E-state index contributed by atoms with van der Waals surface area (Å²) in [5.41, 5.74) is 2.68. The minimum Gasteiger partial charge on any atom is -0.348 e. The lowest BCUT2D eigenvalue weighted by molar-refractivity contribution is -0.116. The maximum atomic E-state index is 12.2. The molecule has 3 aliphatic heterocycles. The Hall–Kier alpha value is -1.92. The third-order valence-electron chi connectivity index (χ3n) is 7.22. The Morgan fingerprint density at radius 2 is 1.86 bits per heavy atom. The first-order chi connectivity index (χ1) is 14.1. The van der Waals surface area contributed by atoms with Gasteiger partial charge in [0.15, 0.2) is 5.13 Å². The molecule has 1 amide bonds. The van der Waals surface area contributed by atoms with Crippen molar-refractivity contribution in [2.24, 2.45) is 0 Å². The van der Waals surface area contributed by atoms with Gasteiger partial charge in [-0.25, -0.2) is 4.98 Å². The number of amides is 1. The zero-order valence-electron chi connectivity index (χ0n) is 17.4. The number of fused-ring (bicyclic) bond motifs is 2. The van der Waals surface area contributed by atoms with Crippen molar-refractivity contribution in [2.75, 3.05) is 42.5 Å². The van der Waals surface area contributed by atoms with Crippen LogP contribution in [0.5, 0.6) is 0 Å². The number of rotatable bonds is 2. The molecule has 0 bridgehead atoms. The summed E-state index contributed by atoms with van der Waals surface area (Å²) in [5.74, 6) is 0.168. The number of piperidine rings is 2. The first-order valence-electron chi connectivity index (χ1n) is 10.8. The summed E-state index contributed by atoms with van der Waals surface area (Å²) >= 11 is 1.81. The summed E-state index contributed by atoms with van der Waals surface area (Å²) in [4.78, 5) is 25.2. The first kappa shape index (κ1) is 19.1. The summed E-state index contributed by atoms with van der Waals surface area (Å²) in [5, 5.41) is 1.19. The molecule has 5 rings (SSSR count). The normalized spacial score (nSPS) is 22.3. The minimum atomic E-state index is 0.151. The van der Waals surface area contributed by atoms with Gasteiger partial charge in [0.1, 0.15) is 0 Å². The van der Waals surface area contributed by atoms with E-state index in [9.17, 15) is 4.79 Å². The zero-order chi connectivity index (χ0) is 20.0. The van der Waals surface area contributed by atoms with Crippen molar-refractivity contribution in [2.45, 2.75) is 51.0 Å². The molecule has 0 unspecified atom stereocenters. The summed E-state index contributed by atoms with van der Waals surface area (Å²) in [6, 6.07) is 9.24. The molecule has 1 aromatic heterocycles. The average molecular weight is 411 g/mol. The van der Waals surface area contributed by atoms with Gasteiger partial charge in [-0.2, -0.15) is 0 Å². The van der Waals surface area contributed by atoms with Gasteiger partial charge in [0.05, 0.1) is 0 Å². The Bertz CT molecular complexity index is 894. The molecular weight excluding hydrogens is 380 g/mol. The molecular formula is C23H30N4OS. The first-order valence-corrected chi connectivity index (χ1v) is 11.7. The summed E-state index contributed by atoms with van der Waals surface area (Å²) in [7, 11) is 0. The number of nitrogens with zero attached hydrogens (tertiary/aromatic N) is 4. The van der Waals surface area contributed by atoms with Crippen molar-refractivity contribution < 1.29 is 4.79 Å². The predicted octanol–water partition coefficient (Wildman–Crippen LogP) is 3.82. The molecule has 6 heteroatoms. The third-order valence-corrected chi connectivity index (χ3v) is 8.20. The molecule has 2 fully saturated rings. The molecule has 4 heterocycles. The molecule has 1 aromatic carbocycles. The van der Waals surface area contributed by atoms with E-state index in [1.807, 2.05) is 22.4 Å². The van der Waals surface area contributed by atoms with Gasteiger partial charge in [0.2, 0.25) is 5.91 Å². The van der Waals surface area contributed by atoms with Gasteiger partial charge in [-0.1, -0.05) is 18.2 Å². The van der Waals surface area contributed by atoms with Gasteiger partial charge >= 0.3 is 0 Å². The quantitative estimate of drug-likeness (QED) is 0.755. The predicted molar refractivity (Wildman–Crippen MR) is 119 cm³/mol. The maximum Gasteiger partial charge on any atom is 0.223 e. The lowest BCUT2D eigenvalue weighted by Crippen LogP contribution is -2.51. The Morgan fingerprint density at radius 3 is 2.52 bits per heavy atom. The maximum absolute atomic E-state index is 12.2. The van der Waals surface area contributed by atoms with E-state index in [4.69, 9.17) is 0 Å². The summed E-state index contributed by atoms with van der Waals surface area (Å²) < 4.78 is 0. The third kappa shape index (κ3) is 3.36. The van der Waals surface area contributed by atoms with Gasteiger partial charge in [-0.3, -0.25) is 4.79 Å². The standard InChI is InChI=1S/C23H30N4OS/c1-17-15-24-22(29-17)26-11-7-19(8-12-26)25-13-9-23(10-14-25)16-27(18(2)28)21-6-4-3-5-20(21)23/h3-6,15,19H,7-14,16H2,1-2H3. The molecule has 1 spiro atoms. The number of carbonyl (C=O) groups is 1. The number of hydrogen-bond acceptors (Lipinski definition) is 5. The van der Waals surface area contributed by atoms with E-state index >= 15 is 0 Å². The van der Waals surface area contributed by atoms with Crippen LogP contribution in [0.15, 0.2) is 30.5 Å². The molecule has 154 valence electrons. The highest BCUT2D eigenvalue weighted by Gasteiger charge is 2.46. The van der Waals surface area contributed by atoms with Crippen LogP contribution in [0.2, 0.25) is 0 Å². The highest BCUT2D eigenvalue weighted by atomic mass is 32.1. The molecule has 2 aromatic rings. The molecule has 5 nitrogen and oxygen atoms in total. The van der Waals surface area contributed by atoms with Crippen molar-refractivity contribution in [3.05, 3.63) is 40.9 Å². The topological polar surface area (TPSA) is 39.7 Å². The second kappa shape index (κ2) is 7.40. The number of likely N-dealkylation sites (tertiary alicyclic amines) is 1. The van der Waals surface area contributed by atoms with E-state index in [1.54, 1.807) is 6.92 Å². The van der Waals surface area contributed by atoms with E-state index < -0.39 is 0 Å². The van der Waals surface area contributed by atoms with Crippen LogP contribution in [0.4, 0.5) is 10.8 Å². The number of aromatic nitrogens is 1. The largest absolute Gasteiger partial charge is 0.348 e. The fourth-order valence-electron chi connectivity index (χ4n) is 5.57. The SMILES string of the molecule is CC(=O)N1CC2(CCN(C3CCN(c4ncc(C)s4)CC3)CC2)c2ccccc21. The molecule has 0 aliphatic carbocycles. The van der Waals surface area contributed by atoms with Crippen molar-refractivity contribution in [3.63, 3.8) is 0 Å². The Kier molecular flexibility index (Phi) is 4.87. The van der Waals surface area contributed by atoms with Crippen LogP contribution >= 0.6 is 11.3 Å². The highest BCUT2D eigenvalue weighted by molar-refractivity contribution is 7.15. The van der Waals surface area contributed by atoms with E-state index in [2.05, 4.69) is 46.0 Å². The number of benzene rings is 1.